The molecule has 3 saturated carbocycles. The molecule has 3 N–H and O–H groups in total. The van der Waals surface area contributed by atoms with Crippen LogP contribution in [0.5, 0.6) is 0 Å². The fourth-order valence-electron chi connectivity index (χ4n) is 5.69. The molecule has 2 bridgehead atoms. The van der Waals surface area contributed by atoms with E-state index in [-0.39, 0.29) is 40.4 Å². The molecule has 0 saturated heterocycles. The number of nitrogens with zero attached hydrogens (tertiary/aromatic N) is 1. The Morgan fingerprint density at radius 3 is 2.47 bits per heavy atom. The zero-order valence-electron chi connectivity index (χ0n) is 20.0. The molecule has 3 unspecified atom stereocenters. The first-order chi connectivity index (χ1) is 18.0. The first-order valence-corrected chi connectivity index (χ1v) is 14.0. The summed E-state index contributed by atoms with van der Waals surface area (Å²) in [6.45, 7) is 0. The van der Waals surface area contributed by atoms with Crippen molar-refractivity contribution < 1.29 is 32.2 Å². The molecule has 0 radical (unpaired) electrons. The fraction of sp³-hybridized carbons (Fsp3) is 0.333. The predicted octanol–water partition coefficient (Wildman–Crippen LogP) is 4.17. The van der Waals surface area contributed by atoms with Gasteiger partial charge in [-0.3, -0.25) is 9.78 Å². The summed E-state index contributed by atoms with van der Waals surface area (Å²) in [5.41, 5.74) is -0.794. The van der Waals surface area contributed by atoms with E-state index in [9.17, 15) is 32.2 Å². The lowest BCUT2D eigenvalue weighted by Crippen LogP contribution is -2.67. The monoisotopic (exact) mass is 562 g/mol. The Bertz CT molecular complexity index is 1480. The quantitative estimate of drug-likeness (QED) is 0.398. The molecule has 3 fully saturated rings. The lowest BCUT2D eigenvalue weighted by molar-refractivity contribution is -0.230. The molecular formula is C27H25ClF2N2O5S. The number of sulfone groups is 1. The number of hydrogen-bond acceptors (Lipinski definition) is 6. The lowest BCUT2D eigenvalue weighted by atomic mass is 9.51. The summed E-state index contributed by atoms with van der Waals surface area (Å²) in [5, 5.41) is 23.7. The van der Waals surface area contributed by atoms with Crippen LogP contribution in [0, 0.1) is 23.5 Å². The standard InChI is InChI=1S/C27H25ClF2N2O5S/c28-21-6-4-15(26(34)32-19-5-7-22(29)23(30)13-19)9-24(21)38(36,37)20-11-16-10-17(12-20)27(16,35)25(33)14-18-3-1-2-8-31-18/h1-9,13,16-17,20,25,33,35H,10-12,14H2,(H,32,34). The fourth-order valence-corrected chi connectivity index (χ4v) is 8.09. The summed E-state index contributed by atoms with van der Waals surface area (Å²) >= 11 is 6.25. The van der Waals surface area contributed by atoms with Crippen LogP contribution >= 0.6 is 11.6 Å². The maximum absolute atomic E-state index is 13.6. The van der Waals surface area contributed by atoms with Crippen LogP contribution in [-0.4, -0.2) is 46.5 Å². The molecular weight excluding hydrogens is 538 g/mol. The smallest absolute Gasteiger partial charge is 0.255 e. The number of aliphatic hydroxyl groups is 2. The summed E-state index contributed by atoms with van der Waals surface area (Å²) in [7, 11) is -4.00. The normalized spacial score (nSPS) is 25.3. The first kappa shape index (κ1) is 26.7. The van der Waals surface area contributed by atoms with E-state index in [1.807, 2.05) is 0 Å². The number of hydrogen-bond donors (Lipinski definition) is 3. The third-order valence-corrected chi connectivity index (χ3v) is 10.4. The van der Waals surface area contributed by atoms with E-state index in [2.05, 4.69) is 10.3 Å². The van der Waals surface area contributed by atoms with E-state index < -0.39 is 56.2 Å². The molecule has 0 aliphatic heterocycles. The van der Waals surface area contributed by atoms with Crippen molar-refractivity contribution in [1.82, 2.24) is 4.98 Å². The van der Waals surface area contributed by atoms with E-state index in [1.165, 1.54) is 18.2 Å². The van der Waals surface area contributed by atoms with Crippen molar-refractivity contribution in [1.29, 1.82) is 0 Å². The molecule has 1 amide bonds. The topological polar surface area (TPSA) is 117 Å². The lowest BCUT2D eigenvalue weighted by Gasteiger charge is -2.60. The van der Waals surface area contributed by atoms with Gasteiger partial charge in [0.15, 0.2) is 21.5 Å². The van der Waals surface area contributed by atoms with Gasteiger partial charge in [0, 0.05) is 35.6 Å². The van der Waals surface area contributed by atoms with Gasteiger partial charge in [0.05, 0.1) is 26.9 Å². The summed E-state index contributed by atoms with van der Waals surface area (Å²) in [4.78, 5) is 16.7. The van der Waals surface area contributed by atoms with E-state index in [1.54, 1.807) is 24.4 Å². The molecule has 3 atom stereocenters. The molecule has 3 aromatic rings. The molecule has 11 heteroatoms. The van der Waals surface area contributed by atoms with Crippen LogP contribution in [0.4, 0.5) is 14.5 Å². The number of rotatable bonds is 7. The second-order valence-corrected chi connectivity index (χ2v) is 12.5. The first-order valence-electron chi connectivity index (χ1n) is 12.1. The van der Waals surface area contributed by atoms with Crippen LogP contribution in [0.1, 0.15) is 35.3 Å². The maximum Gasteiger partial charge on any atom is 0.255 e. The summed E-state index contributed by atoms with van der Waals surface area (Å²) in [6, 6.07) is 12.0. The molecule has 0 spiro atoms. The number of carbonyl (C=O) groups excluding carboxylic acids is 1. The second kappa shape index (κ2) is 10.00. The van der Waals surface area contributed by atoms with Crippen molar-refractivity contribution in [3.63, 3.8) is 0 Å². The number of anilines is 1. The van der Waals surface area contributed by atoms with Crippen molar-refractivity contribution in [2.45, 2.75) is 47.5 Å². The number of fused-ring (bicyclic) bond motifs is 2. The average Bonchev–Trinajstić information content (AvgIpc) is 2.90. The highest BCUT2D eigenvalue weighted by atomic mass is 35.5. The van der Waals surface area contributed by atoms with Gasteiger partial charge in [-0.25, -0.2) is 17.2 Å². The molecule has 2 aromatic carbocycles. The van der Waals surface area contributed by atoms with Crippen LogP contribution in [0.25, 0.3) is 0 Å². The van der Waals surface area contributed by atoms with Gasteiger partial charge < -0.3 is 15.5 Å². The minimum atomic E-state index is -4.00. The molecule has 1 aromatic heterocycles. The molecule has 38 heavy (non-hydrogen) atoms. The minimum Gasteiger partial charge on any atom is -0.390 e. The molecule has 3 aliphatic rings. The number of benzene rings is 2. The molecule has 7 nitrogen and oxygen atoms in total. The number of carbonyl (C=O) groups is 1. The second-order valence-electron chi connectivity index (χ2n) is 9.92. The Labute approximate surface area is 223 Å². The minimum absolute atomic E-state index is 0.00386. The SMILES string of the molecule is O=C(Nc1ccc(F)c(F)c1)c1ccc(Cl)c(S(=O)(=O)C2CC3CC(C2)C3(O)C(O)Cc2ccccn2)c1. The van der Waals surface area contributed by atoms with E-state index >= 15 is 0 Å². The zero-order chi connectivity index (χ0) is 27.2. The van der Waals surface area contributed by atoms with Crippen molar-refractivity contribution in [3.8, 4) is 0 Å². The Hall–Kier alpha value is -2.92. The summed E-state index contributed by atoms with van der Waals surface area (Å²) in [5.74, 6) is -3.76. The van der Waals surface area contributed by atoms with E-state index in [0.29, 0.717) is 12.1 Å². The van der Waals surface area contributed by atoms with E-state index in [0.717, 1.165) is 18.2 Å². The Morgan fingerprint density at radius 1 is 1.08 bits per heavy atom. The Kier molecular flexibility index (Phi) is 7.02. The van der Waals surface area contributed by atoms with Gasteiger partial charge in [0.2, 0.25) is 0 Å². The van der Waals surface area contributed by atoms with Crippen LogP contribution in [0.2, 0.25) is 5.02 Å². The van der Waals surface area contributed by atoms with E-state index in [4.69, 9.17) is 11.6 Å². The maximum atomic E-state index is 13.6. The third-order valence-electron chi connectivity index (χ3n) is 7.75. The molecule has 3 aliphatic carbocycles. The number of halogens is 3. The highest BCUT2D eigenvalue weighted by molar-refractivity contribution is 7.92. The van der Waals surface area contributed by atoms with Crippen molar-refractivity contribution in [2.75, 3.05) is 5.32 Å². The molecule has 200 valence electrons. The molecule has 1 heterocycles. The van der Waals surface area contributed by atoms with Gasteiger partial charge in [-0.15, -0.1) is 0 Å². The Morgan fingerprint density at radius 2 is 1.82 bits per heavy atom. The van der Waals surface area contributed by atoms with Crippen LogP contribution < -0.4 is 5.32 Å². The number of aromatic nitrogens is 1. The van der Waals surface area contributed by atoms with Crippen LogP contribution in [0.15, 0.2) is 65.7 Å². The number of pyridine rings is 1. The number of nitrogens with one attached hydrogen (secondary N) is 1. The van der Waals surface area contributed by atoms with Gasteiger partial charge in [-0.1, -0.05) is 17.7 Å². The average molecular weight is 563 g/mol. The van der Waals surface area contributed by atoms with Crippen molar-refractivity contribution in [2.24, 2.45) is 11.8 Å². The molecule has 6 rings (SSSR count). The van der Waals surface area contributed by atoms with Crippen LogP contribution in [0.3, 0.4) is 0 Å². The van der Waals surface area contributed by atoms with Crippen LogP contribution in [-0.2, 0) is 16.3 Å². The van der Waals surface area contributed by atoms with Crippen molar-refractivity contribution in [3.05, 3.63) is 88.7 Å². The van der Waals surface area contributed by atoms with Gasteiger partial charge in [0.25, 0.3) is 5.91 Å². The predicted molar refractivity (Wildman–Crippen MR) is 136 cm³/mol. The highest BCUT2D eigenvalue weighted by Crippen LogP contribution is 2.57. The van der Waals surface area contributed by atoms with Crippen molar-refractivity contribution >= 4 is 33.0 Å². The largest absolute Gasteiger partial charge is 0.390 e. The van der Waals surface area contributed by atoms with Gasteiger partial charge >= 0.3 is 0 Å². The summed E-state index contributed by atoms with van der Waals surface area (Å²) in [6.07, 6.45) is 1.55. The Balaban J connectivity index is 1.32. The summed E-state index contributed by atoms with van der Waals surface area (Å²) < 4.78 is 53.9. The number of aliphatic hydroxyl groups excluding tert-OH is 1. The van der Waals surface area contributed by atoms with Gasteiger partial charge in [-0.05, 0) is 73.6 Å². The third kappa shape index (κ3) is 4.70. The van der Waals surface area contributed by atoms with Gasteiger partial charge in [-0.2, -0.15) is 0 Å². The van der Waals surface area contributed by atoms with Gasteiger partial charge in [0.1, 0.15) is 0 Å². The zero-order valence-corrected chi connectivity index (χ0v) is 21.6. The number of amides is 1. The highest BCUT2D eigenvalue weighted by Gasteiger charge is 2.63.